The second kappa shape index (κ2) is 7.65. The SMILES string of the molecule is COC(=O)[C@@H]1CCCN1C(=O)C(c1ccccc1)n1cnc([NH+]([O-])O)c1. The van der Waals surface area contributed by atoms with Crippen molar-refractivity contribution in [2.75, 3.05) is 13.7 Å². The number of carbonyl (C=O) groups excluding carboxylic acids is 2. The second-order valence-electron chi connectivity index (χ2n) is 6.04. The number of aromatic nitrogens is 2. The summed E-state index contributed by atoms with van der Waals surface area (Å²) in [5, 5.41) is 19.1. The average molecular weight is 360 g/mol. The topological polar surface area (TPSA) is 112 Å². The summed E-state index contributed by atoms with van der Waals surface area (Å²) in [7, 11) is 1.30. The molecule has 1 amide bonds. The van der Waals surface area contributed by atoms with E-state index in [9.17, 15) is 14.8 Å². The summed E-state index contributed by atoms with van der Waals surface area (Å²) in [4.78, 5) is 30.6. The zero-order chi connectivity index (χ0) is 18.7. The van der Waals surface area contributed by atoms with Gasteiger partial charge in [-0.25, -0.2) is 10.0 Å². The van der Waals surface area contributed by atoms with Crippen LogP contribution in [0, 0.1) is 5.21 Å². The van der Waals surface area contributed by atoms with E-state index in [-0.39, 0.29) is 11.7 Å². The molecule has 0 radical (unpaired) electrons. The van der Waals surface area contributed by atoms with Crippen LogP contribution in [0.2, 0.25) is 0 Å². The van der Waals surface area contributed by atoms with Crippen LogP contribution in [0.25, 0.3) is 0 Å². The maximum atomic E-state index is 13.3. The first-order chi connectivity index (χ1) is 12.5. The summed E-state index contributed by atoms with van der Waals surface area (Å²) in [5.74, 6) is -0.886. The standard InChI is InChI=1S/C17H20N4O5/c1-26-17(23)13-8-5-9-20(13)16(22)15(12-6-3-2-4-7-12)19-10-14(18-11-19)21(24)25/h2-4,6-7,10-11,13,15,21,24H,5,8-9H2,1H3/t13-,15?/m0/s1. The molecule has 1 aromatic heterocycles. The minimum Gasteiger partial charge on any atom is -0.594 e. The maximum absolute atomic E-state index is 13.3. The first-order valence-corrected chi connectivity index (χ1v) is 8.23. The second-order valence-corrected chi connectivity index (χ2v) is 6.04. The van der Waals surface area contributed by atoms with Crippen LogP contribution in [0.15, 0.2) is 42.9 Å². The molecular weight excluding hydrogens is 340 g/mol. The van der Waals surface area contributed by atoms with Crippen LogP contribution in [-0.2, 0) is 14.3 Å². The Labute approximate surface area is 149 Å². The summed E-state index contributed by atoms with van der Waals surface area (Å²) in [6, 6.07) is 7.56. The average Bonchev–Trinajstić information content (AvgIpc) is 3.32. The fraction of sp³-hybridized carbons (Fsp3) is 0.353. The number of nitrogens with one attached hydrogen (secondary N) is 1. The molecule has 2 heterocycles. The van der Waals surface area contributed by atoms with E-state index >= 15 is 0 Å². The third kappa shape index (κ3) is 3.45. The van der Waals surface area contributed by atoms with Gasteiger partial charge in [0.25, 0.3) is 11.7 Å². The van der Waals surface area contributed by atoms with Crippen LogP contribution in [-0.4, -0.2) is 51.2 Å². The molecule has 26 heavy (non-hydrogen) atoms. The minimum absolute atomic E-state index is 0.148. The Morgan fingerprint density at radius 2 is 2.12 bits per heavy atom. The van der Waals surface area contributed by atoms with Gasteiger partial charge >= 0.3 is 5.97 Å². The van der Waals surface area contributed by atoms with Crippen molar-refractivity contribution >= 4 is 17.7 Å². The van der Waals surface area contributed by atoms with Crippen molar-refractivity contribution in [3.05, 3.63) is 53.6 Å². The number of likely N-dealkylation sites (tertiary alicyclic amines) is 1. The van der Waals surface area contributed by atoms with Crippen LogP contribution in [0.4, 0.5) is 5.82 Å². The lowest BCUT2D eigenvalue weighted by Gasteiger charge is -2.28. The molecule has 9 heteroatoms. The molecule has 3 rings (SSSR count). The fourth-order valence-electron chi connectivity index (χ4n) is 3.23. The molecule has 2 N–H and O–H groups in total. The van der Waals surface area contributed by atoms with Crippen molar-refractivity contribution in [3.8, 4) is 0 Å². The van der Waals surface area contributed by atoms with Gasteiger partial charge in [-0.15, -0.1) is 0 Å². The molecule has 0 spiro atoms. The van der Waals surface area contributed by atoms with E-state index < -0.39 is 23.3 Å². The summed E-state index contributed by atoms with van der Waals surface area (Å²) < 4.78 is 6.28. The van der Waals surface area contributed by atoms with Crippen molar-refractivity contribution in [3.63, 3.8) is 0 Å². The molecule has 2 aromatic rings. The van der Waals surface area contributed by atoms with E-state index in [1.807, 2.05) is 6.07 Å². The van der Waals surface area contributed by atoms with Gasteiger partial charge in [-0.3, -0.25) is 4.79 Å². The molecule has 9 nitrogen and oxygen atoms in total. The summed E-state index contributed by atoms with van der Waals surface area (Å²) in [6.07, 6.45) is 3.89. The van der Waals surface area contributed by atoms with E-state index in [1.54, 1.807) is 24.3 Å². The number of hydrogen-bond donors (Lipinski definition) is 2. The van der Waals surface area contributed by atoms with Crippen LogP contribution >= 0.6 is 0 Å². The number of nitrogens with zero attached hydrogens (tertiary/aromatic N) is 3. The highest BCUT2D eigenvalue weighted by atomic mass is 16.8. The monoisotopic (exact) mass is 360 g/mol. The number of methoxy groups -OCH3 is 1. The number of imidazole rings is 1. The Balaban J connectivity index is 1.97. The van der Waals surface area contributed by atoms with Gasteiger partial charge in [0.15, 0.2) is 0 Å². The number of amides is 1. The number of quaternary nitrogens is 1. The van der Waals surface area contributed by atoms with Crippen molar-refractivity contribution in [1.29, 1.82) is 0 Å². The number of ether oxygens (including phenoxy) is 1. The van der Waals surface area contributed by atoms with Crippen molar-refractivity contribution in [2.24, 2.45) is 0 Å². The Kier molecular flexibility index (Phi) is 5.31. The Morgan fingerprint density at radius 3 is 2.73 bits per heavy atom. The normalized spacial score (nSPS) is 19.2. The number of benzene rings is 1. The van der Waals surface area contributed by atoms with E-state index in [2.05, 4.69) is 4.98 Å². The van der Waals surface area contributed by atoms with E-state index in [0.717, 1.165) is 0 Å². The van der Waals surface area contributed by atoms with Gasteiger partial charge < -0.3 is 19.4 Å². The molecular formula is C17H20N4O5. The third-order valence-corrected chi connectivity index (χ3v) is 4.48. The largest absolute Gasteiger partial charge is 0.594 e. The maximum Gasteiger partial charge on any atom is 0.328 e. The third-order valence-electron chi connectivity index (χ3n) is 4.48. The predicted molar refractivity (Wildman–Crippen MR) is 89.3 cm³/mol. The van der Waals surface area contributed by atoms with Gasteiger partial charge in [-0.2, -0.15) is 10.2 Å². The van der Waals surface area contributed by atoms with Gasteiger partial charge in [-0.05, 0) is 18.4 Å². The first kappa shape index (κ1) is 18.1. The van der Waals surface area contributed by atoms with Gasteiger partial charge in [0.1, 0.15) is 18.4 Å². The highest BCUT2D eigenvalue weighted by Gasteiger charge is 2.39. The van der Waals surface area contributed by atoms with Crippen molar-refractivity contribution in [1.82, 2.24) is 14.5 Å². The molecule has 138 valence electrons. The van der Waals surface area contributed by atoms with Crippen LogP contribution in [0.1, 0.15) is 24.4 Å². The highest BCUT2D eigenvalue weighted by molar-refractivity contribution is 5.89. The lowest BCUT2D eigenvalue weighted by atomic mass is 10.0. The van der Waals surface area contributed by atoms with Crippen LogP contribution in [0.5, 0.6) is 0 Å². The predicted octanol–water partition coefficient (Wildman–Crippen LogP) is 0.0399. The van der Waals surface area contributed by atoms with Gasteiger partial charge in [0, 0.05) is 6.54 Å². The van der Waals surface area contributed by atoms with Gasteiger partial charge in [-0.1, -0.05) is 30.3 Å². The van der Waals surface area contributed by atoms with Gasteiger partial charge in [0.05, 0.1) is 13.3 Å². The van der Waals surface area contributed by atoms with Gasteiger partial charge in [0.2, 0.25) is 0 Å². The highest BCUT2D eigenvalue weighted by Crippen LogP contribution is 2.27. The van der Waals surface area contributed by atoms with Crippen molar-refractivity contribution in [2.45, 2.75) is 24.9 Å². The Hall–Kier alpha value is -2.75. The lowest BCUT2D eigenvalue weighted by molar-refractivity contribution is -0.993. The van der Waals surface area contributed by atoms with Crippen molar-refractivity contribution < 1.29 is 24.8 Å². The van der Waals surface area contributed by atoms with E-state index in [4.69, 9.17) is 9.94 Å². The quantitative estimate of drug-likeness (QED) is 0.575. The number of carbonyl (C=O) groups is 2. The molecule has 1 fully saturated rings. The fourth-order valence-corrected chi connectivity index (χ4v) is 3.23. The Bertz CT molecular complexity index is 776. The minimum atomic E-state index is -1.17. The molecule has 1 aliphatic rings. The molecule has 1 aliphatic heterocycles. The molecule has 1 saturated heterocycles. The molecule has 0 bridgehead atoms. The Morgan fingerprint density at radius 1 is 1.38 bits per heavy atom. The smallest absolute Gasteiger partial charge is 0.328 e. The van der Waals surface area contributed by atoms with Crippen LogP contribution < -0.4 is 5.23 Å². The first-order valence-electron chi connectivity index (χ1n) is 8.23. The van der Waals surface area contributed by atoms with E-state index in [0.29, 0.717) is 24.9 Å². The zero-order valence-electron chi connectivity index (χ0n) is 14.2. The summed E-state index contributed by atoms with van der Waals surface area (Å²) >= 11 is 0. The molecule has 0 aliphatic carbocycles. The molecule has 3 atom stereocenters. The zero-order valence-corrected chi connectivity index (χ0v) is 14.2. The number of esters is 1. The molecule has 2 unspecified atom stereocenters. The van der Waals surface area contributed by atoms with E-state index in [1.165, 1.54) is 29.1 Å². The summed E-state index contributed by atoms with van der Waals surface area (Å²) in [5.41, 5.74) is 0.683. The number of hydrogen-bond acceptors (Lipinski definition) is 6. The summed E-state index contributed by atoms with van der Waals surface area (Å²) in [6.45, 7) is 0.447. The van der Waals surface area contributed by atoms with Crippen LogP contribution in [0.3, 0.4) is 0 Å². The lowest BCUT2D eigenvalue weighted by Crippen LogP contribution is -2.99. The molecule has 1 aromatic carbocycles. The number of rotatable bonds is 5. The molecule has 0 saturated carbocycles.